The number of nitrogens with zero attached hydrogens (tertiary/aromatic N) is 4. The van der Waals surface area contributed by atoms with Gasteiger partial charge < -0.3 is 0 Å². The molecular weight excluding hydrogens is 362 g/mol. The van der Waals surface area contributed by atoms with Crippen molar-refractivity contribution in [1.82, 2.24) is 19.1 Å². The molecule has 132 valence electrons. The molecule has 1 aromatic carbocycles. The number of thiazole rings is 1. The van der Waals surface area contributed by atoms with E-state index < -0.39 is 10.0 Å². The monoisotopic (exact) mass is 379 g/mol. The van der Waals surface area contributed by atoms with Crippen LogP contribution in [0.2, 0.25) is 0 Å². The van der Waals surface area contributed by atoms with E-state index in [4.69, 9.17) is 0 Å². The van der Waals surface area contributed by atoms with E-state index in [1.165, 1.54) is 31.5 Å². The largest absolute Gasteiger partial charge is 0.296 e. The van der Waals surface area contributed by atoms with Crippen LogP contribution in [0, 0.1) is 0 Å². The highest BCUT2D eigenvalue weighted by Gasteiger charge is 2.19. The molecule has 0 saturated carbocycles. The summed E-state index contributed by atoms with van der Waals surface area (Å²) in [5, 5.41) is 7.21. The molecule has 25 heavy (non-hydrogen) atoms. The van der Waals surface area contributed by atoms with Gasteiger partial charge in [-0.25, -0.2) is 17.7 Å². The van der Waals surface area contributed by atoms with Gasteiger partial charge in [0, 0.05) is 26.8 Å². The van der Waals surface area contributed by atoms with Crippen LogP contribution < -0.4 is 5.32 Å². The highest BCUT2D eigenvalue weighted by atomic mass is 32.2. The Morgan fingerprint density at radius 2 is 2.08 bits per heavy atom. The Kier molecular flexibility index (Phi) is 4.58. The molecule has 0 saturated heterocycles. The van der Waals surface area contributed by atoms with Crippen LogP contribution in [0.5, 0.6) is 0 Å². The SMILES string of the molecule is CCn1nccc1C(=O)Nc1nc2ccc(S(=O)(=O)N(C)C)cc2s1. The molecular formula is C15H17N5O3S2. The topological polar surface area (TPSA) is 97.2 Å². The van der Waals surface area contributed by atoms with Crippen LogP contribution in [-0.4, -0.2) is 47.5 Å². The van der Waals surface area contributed by atoms with E-state index in [-0.39, 0.29) is 10.8 Å². The summed E-state index contributed by atoms with van der Waals surface area (Å²) in [4.78, 5) is 16.9. The number of fused-ring (bicyclic) bond motifs is 1. The van der Waals surface area contributed by atoms with Crippen molar-refractivity contribution in [2.45, 2.75) is 18.4 Å². The maximum Gasteiger partial charge on any atom is 0.275 e. The summed E-state index contributed by atoms with van der Waals surface area (Å²) in [5.41, 5.74) is 1.07. The van der Waals surface area contributed by atoms with Crippen molar-refractivity contribution < 1.29 is 13.2 Å². The van der Waals surface area contributed by atoms with Crippen LogP contribution in [0.25, 0.3) is 10.2 Å². The quantitative estimate of drug-likeness (QED) is 0.731. The second-order valence-electron chi connectivity index (χ2n) is 5.42. The van der Waals surface area contributed by atoms with Crippen LogP contribution in [-0.2, 0) is 16.6 Å². The molecule has 0 aliphatic rings. The van der Waals surface area contributed by atoms with Crippen molar-refractivity contribution in [2.24, 2.45) is 0 Å². The standard InChI is InChI=1S/C15H17N5O3S2/c1-4-20-12(7-8-16-20)14(21)18-15-17-11-6-5-10(9-13(11)24-15)25(22,23)19(2)3/h5-9H,4H2,1-3H3,(H,17,18,21). The lowest BCUT2D eigenvalue weighted by molar-refractivity contribution is 0.101. The molecule has 3 aromatic rings. The summed E-state index contributed by atoms with van der Waals surface area (Å²) in [6.45, 7) is 2.48. The number of sulfonamides is 1. The zero-order valence-electron chi connectivity index (χ0n) is 13.9. The Balaban J connectivity index is 1.90. The zero-order chi connectivity index (χ0) is 18.2. The normalized spacial score (nSPS) is 12.0. The number of amides is 1. The molecule has 0 aliphatic carbocycles. The van der Waals surface area contributed by atoms with Gasteiger partial charge in [0.1, 0.15) is 5.69 Å². The summed E-state index contributed by atoms with van der Waals surface area (Å²) in [7, 11) is -0.552. The van der Waals surface area contributed by atoms with Gasteiger partial charge in [-0.3, -0.25) is 14.8 Å². The molecule has 0 radical (unpaired) electrons. The molecule has 2 heterocycles. The minimum atomic E-state index is -3.51. The lowest BCUT2D eigenvalue weighted by Gasteiger charge is -2.10. The molecule has 3 rings (SSSR count). The number of aryl methyl sites for hydroxylation is 1. The summed E-state index contributed by atoms with van der Waals surface area (Å²) >= 11 is 1.22. The zero-order valence-corrected chi connectivity index (χ0v) is 15.6. The molecule has 10 heteroatoms. The van der Waals surface area contributed by atoms with Crippen molar-refractivity contribution in [3.05, 3.63) is 36.2 Å². The number of benzene rings is 1. The van der Waals surface area contributed by atoms with E-state index in [1.807, 2.05) is 6.92 Å². The number of aromatic nitrogens is 3. The highest BCUT2D eigenvalue weighted by Crippen LogP contribution is 2.29. The van der Waals surface area contributed by atoms with Gasteiger partial charge >= 0.3 is 0 Å². The first kappa shape index (κ1) is 17.5. The number of hydrogen-bond donors (Lipinski definition) is 1. The third-order valence-electron chi connectivity index (χ3n) is 3.61. The van der Waals surface area contributed by atoms with E-state index in [1.54, 1.807) is 29.1 Å². The second-order valence-corrected chi connectivity index (χ2v) is 8.60. The van der Waals surface area contributed by atoms with Gasteiger partial charge in [-0.05, 0) is 31.2 Å². The summed E-state index contributed by atoms with van der Waals surface area (Å²) < 4.78 is 27.9. The number of hydrogen-bond acceptors (Lipinski definition) is 6. The smallest absolute Gasteiger partial charge is 0.275 e. The second kappa shape index (κ2) is 6.54. The average Bonchev–Trinajstić information content (AvgIpc) is 3.19. The first-order valence-corrected chi connectivity index (χ1v) is 9.75. The van der Waals surface area contributed by atoms with Crippen molar-refractivity contribution in [2.75, 3.05) is 19.4 Å². The van der Waals surface area contributed by atoms with Crippen molar-refractivity contribution in [1.29, 1.82) is 0 Å². The molecule has 0 aliphatic heterocycles. The van der Waals surface area contributed by atoms with Gasteiger partial charge in [0.15, 0.2) is 5.13 Å². The summed E-state index contributed by atoms with van der Waals surface area (Å²) in [6, 6.07) is 6.34. The van der Waals surface area contributed by atoms with Crippen LogP contribution >= 0.6 is 11.3 Å². The predicted octanol–water partition coefficient (Wildman–Crippen LogP) is 2.02. The first-order valence-electron chi connectivity index (χ1n) is 7.49. The maximum absolute atomic E-state index is 12.3. The van der Waals surface area contributed by atoms with Crippen molar-refractivity contribution in [3.8, 4) is 0 Å². The van der Waals surface area contributed by atoms with E-state index in [0.717, 1.165) is 4.31 Å². The van der Waals surface area contributed by atoms with E-state index in [0.29, 0.717) is 27.6 Å². The van der Waals surface area contributed by atoms with Gasteiger partial charge in [0.25, 0.3) is 5.91 Å². The van der Waals surface area contributed by atoms with E-state index >= 15 is 0 Å². The molecule has 0 spiro atoms. The minimum absolute atomic E-state index is 0.190. The Morgan fingerprint density at radius 3 is 2.76 bits per heavy atom. The highest BCUT2D eigenvalue weighted by molar-refractivity contribution is 7.89. The Hall–Kier alpha value is -2.30. The van der Waals surface area contributed by atoms with Crippen LogP contribution in [0.1, 0.15) is 17.4 Å². The summed E-state index contributed by atoms with van der Waals surface area (Å²) in [6.07, 6.45) is 1.56. The Labute approximate surface area is 149 Å². The third kappa shape index (κ3) is 3.28. The fourth-order valence-electron chi connectivity index (χ4n) is 2.27. The maximum atomic E-state index is 12.3. The molecule has 1 amide bonds. The van der Waals surface area contributed by atoms with Gasteiger partial charge in [0.2, 0.25) is 10.0 Å². The fraction of sp³-hybridized carbons (Fsp3) is 0.267. The molecule has 0 fully saturated rings. The first-order chi connectivity index (χ1) is 11.8. The van der Waals surface area contributed by atoms with Crippen LogP contribution in [0.15, 0.2) is 35.4 Å². The lowest BCUT2D eigenvalue weighted by atomic mass is 10.3. The third-order valence-corrected chi connectivity index (χ3v) is 6.35. The van der Waals surface area contributed by atoms with E-state index in [2.05, 4.69) is 15.4 Å². The molecule has 8 nitrogen and oxygen atoms in total. The van der Waals surface area contributed by atoms with Gasteiger partial charge in [-0.2, -0.15) is 5.10 Å². The number of nitrogens with one attached hydrogen (secondary N) is 1. The summed E-state index contributed by atoms with van der Waals surface area (Å²) in [5.74, 6) is -0.306. The lowest BCUT2D eigenvalue weighted by Crippen LogP contribution is -2.22. The van der Waals surface area contributed by atoms with Crippen LogP contribution in [0.4, 0.5) is 5.13 Å². The minimum Gasteiger partial charge on any atom is -0.296 e. The number of rotatable bonds is 5. The van der Waals surface area contributed by atoms with Gasteiger partial charge in [-0.1, -0.05) is 11.3 Å². The molecule has 0 atom stereocenters. The van der Waals surface area contributed by atoms with Gasteiger partial charge in [-0.15, -0.1) is 0 Å². The molecule has 0 bridgehead atoms. The van der Waals surface area contributed by atoms with Crippen LogP contribution in [0.3, 0.4) is 0 Å². The van der Waals surface area contributed by atoms with E-state index in [9.17, 15) is 13.2 Å². The Bertz CT molecular complexity index is 1040. The van der Waals surface area contributed by atoms with Crippen molar-refractivity contribution >= 4 is 42.6 Å². The molecule has 2 aromatic heterocycles. The molecule has 0 unspecified atom stereocenters. The van der Waals surface area contributed by atoms with Crippen molar-refractivity contribution in [3.63, 3.8) is 0 Å². The number of carbonyl (C=O) groups is 1. The number of anilines is 1. The predicted molar refractivity (Wildman–Crippen MR) is 96.3 cm³/mol. The Morgan fingerprint density at radius 1 is 1.32 bits per heavy atom. The molecule has 1 N–H and O–H groups in total. The number of carbonyl (C=O) groups excluding carboxylic acids is 1. The average molecular weight is 379 g/mol. The van der Waals surface area contributed by atoms with Gasteiger partial charge in [0.05, 0.1) is 15.1 Å². The fourth-order valence-corrected chi connectivity index (χ4v) is 4.17.